The van der Waals surface area contributed by atoms with Crippen LogP contribution in [0.3, 0.4) is 0 Å². The minimum absolute atomic E-state index is 0.145. The van der Waals surface area contributed by atoms with Crippen LogP contribution in [0, 0.1) is 0 Å². The summed E-state index contributed by atoms with van der Waals surface area (Å²) in [6.07, 6.45) is 0. The molecule has 5 N–H and O–H groups in total. The SMILES string of the molecule is Nc1ccc(-c2ccc(C(=O)O)c(Br)c2N)cc1. The van der Waals surface area contributed by atoms with Gasteiger partial charge in [-0.25, -0.2) is 4.79 Å². The quantitative estimate of drug-likeness (QED) is 0.744. The van der Waals surface area contributed by atoms with Gasteiger partial charge in [0, 0.05) is 11.3 Å². The standard InChI is InChI=1S/C13H11BrN2O2/c14-11-10(13(17)18)6-5-9(12(11)16)7-1-3-8(15)4-2-7/h1-6H,15-16H2,(H,17,18). The van der Waals surface area contributed by atoms with Crippen LogP contribution in [0.4, 0.5) is 11.4 Å². The van der Waals surface area contributed by atoms with Gasteiger partial charge < -0.3 is 16.6 Å². The van der Waals surface area contributed by atoms with Crippen LogP contribution < -0.4 is 11.5 Å². The summed E-state index contributed by atoms with van der Waals surface area (Å²) in [4.78, 5) is 11.0. The number of carboxylic acids is 1. The lowest BCUT2D eigenvalue weighted by Crippen LogP contribution is -2.02. The molecule has 2 rings (SSSR count). The number of carbonyl (C=O) groups is 1. The monoisotopic (exact) mass is 306 g/mol. The van der Waals surface area contributed by atoms with Crippen LogP contribution >= 0.6 is 15.9 Å². The highest BCUT2D eigenvalue weighted by atomic mass is 79.9. The molecule has 92 valence electrons. The van der Waals surface area contributed by atoms with Crippen LogP contribution in [0.15, 0.2) is 40.9 Å². The molecule has 0 fully saturated rings. The van der Waals surface area contributed by atoms with Crippen molar-refractivity contribution in [2.75, 3.05) is 11.5 Å². The highest BCUT2D eigenvalue weighted by molar-refractivity contribution is 9.10. The van der Waals surface area contributed by atoms with Gasteiger partial charge in [-0.15, -0.1) is 0 Å². The van der Waals surface area contributed by atoms with Crippen molar-refractivity contribution < 1.29 is 9.90 Å². The van der Waals surface area contributed by atoms with E-state index in [1.165, 1.54) is 6.07 Å². The number of aromatic carboxylic acids is 1. The summed E-state index contributed by atoms with van der Waals surface area (Å²) in [7, 11) is 0. The highest BCUT2D eigenvalue weighted by Gasteiger charge is 2.14. The number of rotatable bonds is 2. The van der Waals surface area contributed by atoms with Gasteiger partial charge in [0.05, 0.1) is 15.7 Å². The molecule has 0 heterocycles. The molecule has 5 heteroatoms. The number of benzene rings is 2. The lowest BCUT2D eigenvalue weighted by molar-refractivity contribution is 0.0696. The third-order valence-corrected chi connectivity index (χ3v) is 3.49. The number of hydrogen-bond acceptors (Lipinski definition) is 3. The average Bonchev–Trinajstić information content (AvgIpc) is 2.33. The second-order valence-electron chi connectivity index (χ2n) is 3.82. The first-order chi connectivity index (χ1) is 8.50. The summed E-state index contributed by atoms with van der Waals surface area (Å²) >= 11 is 3.21. The maximum Gasteiger partial charge on any atom is 0.336 e. The Morgan fingerprint density at radius 3 is 2.22 bits per heavy atom. The third kappa shape index (κ3) is 2.17. The molecule has 0 saturated heterocycles. The maximum absolute atomic E-state index is 11.0. The van der Waals surface area contributed by atoms with E-state index in [4.69, 9.17) is 16.6 Å². The number of anilines is 2. The number of nitrogen functional groups attached to an aromatic ring is 2. The van der Waals surface area contributed by atoms with Crippen molar-refractivity contribution in [3.05, 3.63) is 46.4 Å². The van der Waals surface area contributed by atoms with E-state index < -0.39 is 5.97 Å². The van der Waals surface area contributed by atoms with Crippen molar-refractivity contribution >= 4 is 33.3 Å². The number of carboxylic acid groups (broad SMARTS) is 1. The Bertz CT molecular complexity index is 609. The summed E-state index contributed by atoms with van der Waals surface area (Å²) in [6, 6.07) is 10.4. The molecule has 0 aliphatic heterocycles. The molecule has 0 saturated carbocycles. The maximum atomic E-state index is 11.0. The van der Waals surface area contributed by atoms with Gasteiger partial charge in [0.15, 0.2) is 0 Å². The van der Waals surface area contributed by atoms with Crippen LogP contribution in [0.2, 0.25) is 0 Å². The van der Waals surface area contributed by atoms with Gasteiger partial charge in [-0.1, -0.05) is 18.2 Å². The van der Waals surface area contributed by atoms with Crippen molar-refractivity contribution in [2.45, 2.75) is 0 Å². The molecule has 2 aromatic rings. The van der Waals surface area contributed by atoms with Gasteiger partial charge in [-0.2, -0.15) is 0 Å². The Labute approximate surface area is 112 Å². The molecule has 0 aromatic heterocycles. The largest absolute Gasteiger partial charge is 0.478 e. The van der Waals surface area contributed by atoms with Gasteiger partial charge in [0.25, 0.3) is 0 Å². The summed E-state index contributed by atoms with van der Waals surface area (Å²) in [6.45, 7) is 0. The van der Waals surface area contributed by atoms with Crippen LogP contribution in [0.5, 0.6) is 0 Å². The first-order valence-electron chi connectivity index (χ1n) is 5.18. The van der Waals surface area contributed by atoms with Crippen molar-refractivity contribution in [3.8, 4) is 11.1 Å². The zero-order chi connectivity index (χ0) is 13.3. The van der Waals surface area contributed by atoms with Crippen molar-refractivity contribution in [1.29, 1.82) is 0 Å². The predicted octanol–water partition coefficient (Wildman–Crippen LogP) is 2.98. The highest BCUT2D eigenvalue weighted by Crippen LogP contribution is 2.34. The molecule has 0 bridgehead atoms. The van der Waals surface area contributed by atoms with Gasteiger partial charge in [-0.3, -0.25) is 0 Å². The topological polar surface area (TPSA) is 89.3 Å². The van der Waals surface area contributed by atoms with E-state index in [1.54, 1.807) is 18.2 Å². The Balaban J connectivity index is 2.57. The zero-order valence-electron chi connectivity index (χ0n) is 9.35. The number of nitrogens with two attached hydrogens (primary N) is 2. The molecule has 0 aliphatic rings. The minimum atomic E-state index is -1.02. The van der Waals surface area contributed by atoms with Crippen LogP contribution in [-0.2, 0) is 0 Å². The van der Waals surface area contributed by atoms with Gasteiger partial charge in [0.2, 0.25) is 0 Å². The van der Waals surface area contributed by atoms with E-state index in [-0.39, 0.29) is 5.56 Å². The van der Waals surface area contributed by atoms with Gasteiger partial charge in [0.1, 0.15) is 0 Å². The number of halogens is 1. The average molecular weight is 307 g/mol. The van der Waals surface area contributed by atoms with Crippen LogP contribution in [0.25, 0.3) is 11.1 Å². The van der Waals surface area contributed by atoms with Crippen LogP contribution in [-0.4, -0.2) is 11.1 Å². The van der Waals surface area contributed by atoms with E-state index in [2.05, 4.69) is 15.9 Å². The Morgan fingerprint density at radius 1 is 1.06 bits per heavy atom. The fourth-order valence-electron chi connectivity index (χ4n) is 1.67. The first-order valence-corrected chi connectivity index (χ1v) is 5.97. The molecular formula is C13H11BrN2O2. The van der Waals surface area contributed by atoms with E-state index in [0.717, 1.165) is 11.1 Å². The predicted molar refractivity (Wildman–Crippen MR) is 75.4 cm³/mol. The molecule has 0 radical (unpaired) electrons. The van der Waals surface area contributed by atoms with E-state index in [9.17, 15) is 4.79 Å². The summed E-state index contributed by atoms with van der Waals surface area (Å²) in [5, 5.41) is 8.99. The Hall–Kier alpha value is -2.01. The summed E-state index contributed by atoms with van der Waals surface area (Å²) in [5.74, 6) is -1.02. The molecule has 0 atom stereocenters. The molecule has 0 unspecified atom stereocenters. The molecule has 4 nitrogen and oxygen atoms in total. The lowest BCUT2D eigenvalue weighted by atomic mass is 10.0. The van der Waals surface area contributed by atoms with E-state index >= 15 is 0 Å². The van der Waals surface area contributed by atoms with Crippen molar-refractivity contribution in [3.63, 3.8) is 0 Å². The minimum Gasteiger partial charge on any atom is -0.478 e. The summed E-state index contributed by atoms with van der Waals surface area (Å²) < 4.78 is 0.393. The third-order valence-electron chi connectivity index (χ3n) is 2.63. The fraction of sp³-hybridized carbons (Fsp3) is 0. The lowest BCUT2D eigenvalue weighted by Gasteiger charge is -2.10. The van der Waals surface area contributed by atoms with E-state index in [0.29, 0.717) is 15.8 Å². The molecule has 2 aromatic carbocycles. The van der Waals surface area contributed by atoms with Gasteiger partial charge >= 0.3 is 5.97 Å². The summed E-state index contributed by atoms with van der Waals surface area (Å²) in [5.41, 5.74) is 14.4. The number of hydrogen-bond donors (Lipinski definition) is 3. The smallest absolute Gasteiger partial charge is 0.336 e. The second-order valence-corrected chi connectivity index (χ2v) is 4.61. The molecule has 0 spiro atoms. The molecule has 18 heavy (non-hydrogen) atoms. The first kappa shape index (κ1) is 12.4. The molecular weight excluding hydrogens is 296 g/mol. The molecule has 0 aliphatic carbocycles. The molecule has 0 amide bonds. The van der Waals surface area contributed by atoms with E-state index in [1.807, 2.05) is 12.1 Å². The fourth-order valence-corrected chi connectivity index (χ4v) is 2.19. The second kappa shape index (κ2) is 4.70. The zero-order valence-corrected chi connectivity index (χ0v) is 10.9. The van der Waals surface area contributed by atoms with Crippen molar-refractivity contribution in [2.24, 2.45) is 0 Å². The normalized spacial score (nSPS) is 10.3. The van der Waals surface area contributed by atoms with Crippen molar-refractivity contribution in [1.82, 2.24) is 0 Å². The van der Waals surface area contributed by atoms with Crippen LogP contribution in [0.1, 0.15) is 10.4 Å². The Morgan fingerprint density at radius 2 is 1.67 bits per heavy atom. The van der Waals surface area contributed by atoms with Gasteiger partial charge in [-0.05, 0) is 39.7 Å². The Kier molecular flexibility index (Phi) is 3.25.